The number of hydrogen-bond acceptors (Lipinski definition) is 3. The number of hydrogen-bond donors (Lipinski definition) is 0. The van der Waals surface area contributed by atoms with Gasteiger partial charge in [0, 0.05) is 24.9 Å². The zero-order chi connectivity index (χ0) is 20.3. The van der Waals surface area contributed by atoms with Crippen molar-refractivity contribution >= 4 is 23.2 Å². The molecule has 5 nitrogen and oxygen atoms in total. The van der Waals surface area contributed by atoms with Crippen molar-refractivity contribution in [3.63, 3.8) is 0 Å². The summed E-state index contributed by atoms with van der Waals surface area (Å²) in [5.74, 6) is -0.0432. The maximum absolute atomic E-state index is 13.1. The van der Waals surface area contributed by atoms with E-state index in [1.54, 1.807) is 16.8 Å². The van der Waals surface area contributed by atoms with Gasteiger partial charge in [0.1, 0.15) is 5.70 Å². The van der Waals surface area contributed by atoms with E-state index in [2.05, 4.69) is 30.8 Å². The first kappa shape index (κ1) is 17.7. The molecule has 146 valence electrons. The van der Waals surface area contributed by atoms with E-state index < -0.39 is 0 Å². The fourth-order valence-electron chi connectivity index (χ4n) is 4.52. The van der Waals surface area contributed by atoms with Crippen molar-refractivity contribution in [2.45, 2.75) is 19.8 Å². The lowest BCUT2D eigenvalue weighted by molar-refractivity contribution is -0.125. The average molecular weight is 385 g/mol. The van der Waals surface area contributed by atoms with Crippen molar-refractivity contribution in [2.24, 2.45) is 0 Å². The van der Waals surface area contributed by atoms with Crippen molar-refractivity contribution in [3.8, 4) is 11.1 Å². The second kappa shape index (κ2) is 6.34. The Bertz CT molecular complexity index is 1100. The first-order valence-corrected chi connectivity index (χ1v) is 9.96. The summed E-state index contributed by atoms with van der Waals surface area (Å²) in [5, 5.41) is 0. The maximum atomic E-state index is 13.1. The number of carbonyl (C=O) groups is 2. The number of rotatable bonds is 3. The molecule has 29 heavy (non-hydrogen) atoms. The molecule has 0 radical (unpaired) electrons. The fourth-order valence-corrected chi connectivity index (χ4v) is 4.52. The Morgan fingerprint density at radius 2 is 1.90 bits per heavy atom. The average Bonchev–Trinajstić information content (AvgIpc) is 3.43. The topological polar surface area (TPSA) is 43.6 Å². The van der Waals surface area contributed by atoms with E-state index in [-0.39, 0.29) is 18.4 Å². The Balaban J connectivity index is 1.38. The van der Waals surface area contributed by atoms with Gasteiger partial charge in [-0.05, 0) is 48.6 Å². The highest BCUT2D eigenvalue weighted by molar-refractivity contribution is 6.18. The number of carbonyl (C=O) groups excluding carboxylic acids is 2. The Kier molecular flexibility index (Phi) is 3.88. The normalized spacial score (nSPS) is 17.7. The van der Waals surface area contributed by atoms with E-state index in [0.717, 1.165) is 58.7 Å². The molecule has 0 fully saturated rings. The summed E-state index contributed by atoms with van der Waals surface area (Å²) in [6.45, 7) is 7.01. The predicted octanol–water partition coefficient (Wildman–Crippen LogP) is 3.98. The van der Waals surface area contributed by atoms with Gasteiger partial charge < -0.3 is 9.80 Å². The molecule has 3 aliphatic heterocycles. The Morgan fingerprint density at radius 1 is 1.14 bits per heavy atom. The van der Waals surface area contributed by atoms with Crippen LogP contribution in [0.5, 0.6) is 0 Å². The van der Waals surface area contributed by atoms with Crippen molar-refractivity contribution in [3.05, 3.63) is 71.6 Å². The highest BCUT2D eigenvalue weighted by atomic mass is 16.2. The Hall–Kier alpha value is -3.34. The molecular formula is C24H23N3O2. The van der Waals surface area contributed by atoms with Crippen LogP contribution >= 0.6 is 0 Å². The summed E-state index contributed by atoms with van der Waals surface area (Å²) < 4.78 is 0. The van der Waals surface area contributed by atoms with Crippen LogP contribution in [0.25, 0.3) is 11.1 Å². The summed E-state index contributed by atoms with van der Waals surface area (Å²) in [7, 11) is 1.75. The number of aryl methyl sites for hydroxylation is 1. The predicted molar refractivity (Wildman–Crippen MR) is 114 cm³/mol. The number of anilines is 2. The molecule has 0 bridgehead atoms. The molecule has 0 saturated heterocycles. The van der Waals surface area contributed by atoms with Crippen LogP contribution < -0.4 is 4.90 Å². The molecule has 0 unspecified atom stereocenters. The van der Waals surface area contributed by atoms with Crippen LogP contribution in [-0.4, -0.2) is 41.8 Å². The molecule has 0 spiro atoms. The van der Waals surface area contributed by atoms with Crippen LogP contribution in [0.3, 0.4) is 0 Å². The van der Waals surface area contributed by atoms with Gasteiger partial charge in [-0.2, -0.15) is 0 Å². The first-order valence-electron chi connectivity index (χ1n) is 9.96. The van der Waals surface area contributed by atoms with Gasteiger partial charge in [0.15, 0.2) is 0 Å². The Labute approximate surface area is 170 Å². The number of nitrogens with zero attached hydrogens (tertiary/aromatic N) is 3. The number of amides is 2. The highest BCUT2D eigenvalue weighted by Crippen LogP contribution is 2.52. The minimum absolute atomic E-state index is 0.00928. The van der Waals surface area contributed by atoms with Crippen molar-refractivity contribution < 1.29 is 9.59 Å². The van der Waals surface area contributed by atoms with Crippen molar-refractivity contribution in [1.29, 1.82) is 0 Å². The van der Waals surface area contributed by atoms with Gasteiger partial charge in [-0.3, -0.25) is 14.5 Å². The second-order valence-corrected chi connectivity index (χ2v) is 7.92. The molecule has 5 rings (SSSR count). The van der Waals surface area contributed by atoms with E-state index in [9.17, 15) is 9.59 Å². The molecule has 5 heteroatoms. The molecule has 2 aromatic rings. The van der Waals surface area contributed by atoms with Gasteiger partial charge in [0.25, 0.3) is 11.8 Å². The summed E-state index contributed by atoms with van der Waals surface area (Å²) in [6.07, 6.45) is 1.77. The molecule has 0 aromatic heterocycles. The van der Waals surface area contributed by atoms with Crippen LogP contribution in [0.2, 0.25) is 0 Å². The lowest BCUT2D eigenvalue weighted by Gasteiger charge is -2.28. The minimum atomic E-state index is -0.0524. The smallest absolute Gasteiger partial charge is 0.274 e. The molecule has 0 N–H and O–H groups in total. The van der Waals surface area contributed by atoms with Crippen LogP contribution in [0.4, 0.5) is 11.4 Å². The summed E-state index contributed by atoms with van der Waals surface area (Å²) in [5.41, 5.74) is 7.73. The first-order chi connectivity index (χ1) is 14.0. The van der Waals surface area contributed by atoms with Crippen LogP contribution in [-0.2, 0) is 9.59 Å². The maximum Gasteiger partial charge on any atom is 0.274 e. The standard InChI is InChI=1S/C24H23N3O2/c1-15-12-18(17-8-5-4-6-9-17)13-20-22(15)27(20)21(28)14-26-11-7-10-19-16(2)25(3)24(29)23(19)26/h4-6,8-9,12-13H,2,7,10-11,14H2,1,3H3. The van der Waals surface area contributed by atoms with E-state index >= 15 is 0 Å². The quantitative estimate of drug-likeness (QED) is 0.751. The van der Waals surface area contributed by atoms with Crippen molar-refractivity contribution in [1.82, 2.24) is 9.80 Å². The van der Waals surface area contributed by atoms with Gasteiger partial charge in [-0.25, -0.2) is 0 Å². The van der Waals surface area contributed by atoms with Gasteiger partial charge in [-0.1, -0.05) is 36.9 Å². The third-order valence-corrected chi connectivity index (χ3v) is 6.09. The number of likely N-dealkylation sites (N-methyl/N-ethyl adjacent to an activating group) is 1. The molecule has 3 heterocycles. The van der Waals surface area contributed by atoms with E-state index in [1.807, 2.05) is 30.0 Å². The number of allylic oxidation sites excluding steroid dienone is 1. The van der Waals surface area contributed by atoms with Crippen LogP contribution in [0, 0.1) is 6.92 Å². The minimum Gasteiger partial charge on any atom is -0.357 e. The van der Waals surface area contributed by atoms with Gasteiger partial charge in [0.05, 0.1) is 17.9 Å². The number of benzene rings is 2. The lowest BCUT2D eigenvalue weighted by Crippen LogP contribution is -2.39. The molecule has 2 aromatic carbocycles. The van der Waals surface area contributed by atoms with Crippen molar-refractivity contribution in [2.75, 3.05) is 25.0 Å². The molecule has 3 aliphatic rings. The largest absolute Gasteiger partial charge is 0.357 e. The van der Waals surface area contributed by atoms with E-state index in [4.69, 9.17) is 0 Å². The Morgan fingerprint density at radius 3 is 2.66 bits per heavy atom. The third-order valence-electron chi connectivity index (χ3n) is 6.09. The summed E-state index contributed by atoms with van der Waals surface area (Å²) in [6, 6.07) is 14.4. The summed E-state index contributed by atoms with van der Waals surface area (Å²) >= 11 is 0. The zero-order valence-corrected chi connectivity index (χ0v) is 16.7. The zero-order valence-electron chi connectivity index (χ0n) is 16.7. The highest BCUT2D eigenvalue weighted by Gasteiger charge is 2.41. The third kappa shape index (κ3) is 2.69. The summed E-state index contributed by atoms with van der Waals surface area (Å²) in [4.78, 5) is 31.1. The molecular weight excluding hydrogens is 362 g/mol. The number of fused-ring (bicyclic) bond motifs is 1. The fraction of sp³-hybridized carbons (Fsp3) is 0.250. The van der Waals surface area contributed by atoms with Crippen LogP contribution in [0.1, 0.15) is 18.4 Å². The van der Waals surface area contributed by atoms with Crippen LogP contribution in [0.15, 0.2) is 66.0 Å². The molecule has 0 atom stereocenters. The lowest BCUT2D eigenvalue weighted by atomic mass is 10.0. The molecule has 0 saturated carbocycles. The van der Waals surface area contributed by atoms with Gasteiger partial charge in [-0.15, -0.1) is 0 Å². The SMILES string of the molecule is C=C1C2=C(C(=O)N1C)N(CC(=O)N1c3cc(-c4ccccc4)cc(C)c31)CCC2. The monoisotopic (exact) mass is 385 g/mol. The van der Waals surface area contributed by atoms with E-state index in [0.29, 0.717) is 5.70 Å². The van der Waals surface area contributed by atoms with Gasteiger partial charge >= 0.3 is 0 Å². The van der Waals surface area contributed by atoms with E-state index in [1.165, 1.54) is 0 Å². The van der Waals surface area contributed by atoms with Gasteiger partial charge in [0.2, 0.25) is 0 Å². The second-order valence-electron chi connectivity index (χ2n) is 7.92. The molecule has 2 amide bonds. The molecule has 0 aliphatic carbocycles.